The summed E-state index contributed by atoms with van der Waals surface area (Å²) in [5.41, 5.74) is 10.5. The van der Waals surface area contributed by atoms with E-state index in [4.69, 9.17) is 19.4 Å². The molecular formula is C59H62N8O6. The first-order valence-electron chi connectivity index (χ1n) is 26.9. The van der Waals surface area contributed by atoms with E-state index in [0.717, 1.165) is 137 Å². The minimum Gasteiger partial charge on any atom is -0.488 e. The van der Waals surface area contributed by atoms with Gasteiger partial charge in [0.1, 0.15) is 48.4 Å². The highest BCUT2D eigenvalue weighted by atomic mass is 16.5. The van der Waals surface area contributed by atoms with Crippen LogP contribution in [0.5, 0.6) is 11.5 Å². The lowest BCUT2D eigenvalue weighted by atomic mass is 9.84. The number of hydrogen-bond donors (Lipinski definition) is 4. The van der Waals surface area contributed by atoms with Crippen LogP contribution in [0.25, 0.3) is 33.6 Å². The molecule has 2 aromatic heterocycles. The molecule has 5 fully saturated rings. The molecule has 7 aliphatic rings. The van der Waals surface area contributed by atoms with Crippen molar-refractivity contribution in [2.75, 3.05) is 13.1 Å². The van der Waals surface area contributed by atoms with E-state index in [1.807, 2.05) is 52.5 Å². The van der Waals surface area contributed by atoms with Gasteiger partial charge < -0.3 is 39.9 Å². The molecule has 0 radical (unpaired) electrons. The number of carbonyl (C=O) groups is 4. The molecule has 14 nitrogen and oxygen atoms in total. The smallest absolute Gasteiger partial charge is 0.250 e. The first kappa shape index (κ1) is 45.6. The van der Waals surface area contributed by atoms with Crippen molar-refractivity contribution >= 4 is 23.6 Å². The van der Waals surface area contributed by atoms with Crippen molar-refractivity contribution in [3.8, 4) is 45.1 Å². The lowest BCUT2D eigenvalue weighted by molar-refractivity contribution is -0.139. The molecule has 4 N–H and O–H groups in total. The summed E-state index contributed by atoms with van der Waals surface area (Å²) >= 11 is 0. The van der Waals surface area contributed by atoms with Crippen molar-refractivity contribution in [1.82, 2.24) is 40.4 Å². The number of nitrogens with one attached hydrogen (secondary N) is 4. The average molecular weight is 979 g/mol. The molecule has 6 heterocycles. The van der Waals surface area contributed by atoms with Crippen LogP contribution in [-0.2, 0) is 32.4 Å². The monoisotopic (exact) mass is 978 g/mol. The van der Waals surface area contributed by atoms with E-state index in [1.54, 1.807) is 0 Å². The van der Waals surface area contributed by atoms with Crippen LogP contribution in [0.2, 0.25) is 0 Å². The van der Waals surface area contributed by atoms with Crippen molar-refractivity contribution in [3.05, 3.63) is 131 Å². The number of hydrogen-bond acceptors (Lipinski definition) is 8. The Kier molecular flexibility index (Phi) is 11.9. The zero-order valence-electron chi connectivity index (χ0n) is 41.2. The molecule has 14 heteroatoms. The molecule has 4 aromatic carbocycles. The molecule has 4 atom stereocenters. The summed E-state index contributed by atoms with van der Waals surface area (Å²) in [6.45, 7) is 1.88. The maximum atomic E-state index is 14.7. The Balaban J connectivity index is 0.724. The van der Waals surface area contributed by atoms with Gasteiger partial charge in [0.15, 0.2) is 0 Å². The second-order valence-corrected chi connectivity index (χ2v) is 21.5. The van der Waals surface area contributed by atoms with Crippen LogP contribution in [0.4, 0.5) is 0 Å². The van der Waals surface area contributed by atoms with E-state index in [9.17, 15) is 19.2 Å². The fourth-order valence-electron chi connectivity index (χ4n) is 12.6. The number of aromatic nitrogens is 4. The van der Waals surface area contributed by atoms with Gasteiger partial charge in [0.2, 0.25) is 23.6 Å². The molecule has 4 amide bonds. The number of carbonyl (C=O) groups excluding carboxylic acids is 4. The summed E-state index contributed by atoms with van der Waals surface area (Å²) < 4.78 is 13.1. The lowest BCUT2D eigenvalue weighted by Gasteiger charge is -2.31. The number of rotatable bonds is 13. The number of ether oxygens (including phenoxy) is 2. The minimum atomic E-state index is -0.761. The highest BCUT2D eigenvalue weighted by Crippen LogP contribution is 2.51. The van der Waals surface area contributed by atoms with Crippen molar-refractivity contribution < 1.29 is 28.7 Å². The standard InChI is InChI=1S/C59H62N8O6/c68-56(38-14-6-15-38)64-52(36-12-2-1-3-13-36)58(70)66-24-8-18-46(66)54-60-30-44(62-54)40-26-42-32-73-49-29-41(27-43-33-72-48(28-40)50(42)51(43)49)45-31-61-55(63-45)47-19-9-25-67(47)59(71)53(65-57(69)39-16-7-17-39)37-22-20-35(21-23-37)34-10-4-5-11-34/h1-3,12-13,20-23,26-31,34,38-39,46-47,52-53H,4-11,14-19,24-25,32-33H2,(H,60,62)(H,61,63)(H,64,68)(H,65,69)/t46-,47-,52+,53+/m0/s1. The zero-order chi connectivity index (χ0) is 49.2. The van der Waals surface area contributed by atoms with Crippen LogP contribution in [-0.4, -0.2) is 66.5 Å². The molecule has 73 heavy (non-hydrogen) atoms. The van der Waals surface area contributed by atoms with Crippen LogP contribution in [0.1, 0.15) is 159 Å². The Morgan fingerprint density at radius 1 is 0.548 bits per heavy atom. The molecule has 0 unspecified atom stereocenters. The Morgan fingerprint density at radius 3 is 1.49 bits per heavy atom. The molecule has 4 aliphatic heterocycles. The zero-order valence-corrected chi connectivity index (χ0v) is 41.2. The van der Waals surface area contributed by atoms with E-state index < -0.39 is 12.1 Å². The fraction of sp³-hybridized carbons (Fsp3) is 0.424. The molecular weight excluding hydrogens is 917 g/mol. The number of amides is 4. The van der Waals surface area contributed by atoms with Gasteiger partial charge in [-0.2, -0.15) is 0 Å². The maximum Gasteiger partial charge on any atom is 0.250 e. The quantitative estimate of drug-likeness (QED) is 0.0885. The van der Waals surface area contributed by atoms with Crippen LogP contribution in [0, 0.1) is 11.8 Å². The maximum absolute atomic E-state index is 14.7. The number of benzene rings is 4. The largest absolute Gasteiger partial charge is 0.488 e. The second kappa shape index (κ2) is 19.0. The minimum absolute atomic E-state index is 0.0338. The predicted molar refractivity (Wildman–Crippen MR) is 274 cm³/mol. The number of likely N-dealkylation sites (tertiary alicyclic amines) is 2. The van der Waals surface area contributed by atoms with E-state index >= 15 is 0 Å². The Labute approximate surface area is 425 Å². The third-order valence-electron chi connectivity index (χ3n) is 17.1. The van der Waals surface area contributed by atoms with Gasteiger partial charge in [-0.1, -0.05) is 80.3 Å². The predicted octanol–water partition coefficient (Wildman–Crippen LogP) is 10.2. The van der Waals surface area contributed by atoms with Crippen molar-refractivity contribution in [2.24, 2.45) is 11.8 Å². The van der Waals surface area contributed by atoms with E-state index in [2.05, 4.69) is 69.1 Å². The van der Waals surface area contributed by atoms with Crippen LogP contribution in [0.3, 0.4) is 0 Å². The number of imidazole rings is 2. The van der Waals surface area contributed by atoms with Gasteiger partial charge in [0, 0.05) is 58.3 Å². The summed E-state index contributed by atoms with van der Waals surface area (Å²) in [5.74, 6) is 3.20. The summed E-state index contributed by atoms with van der Waals surface area (Å²) in [5, 5.41) is 6.30. The van der Waals surface area contributed by atoms with Crippen LogP contribution >= 0.6 is 0 Å². The van der Waals surface area contributed by atoms with Gasteiger partial charge >= 0.3 is 0 Å². The van der Waals surface area contributed by atoms with Gasteiger partial charge in [0.05, 0.1) is 35.9 Å². The molecule has 6 aromatic rings. The van der Waals surface area contributed by atoms with E-state index in [0.29, 0.717) is 38.0 Å². The first-order valence-corrected chi connectivity index (χ1v) is 26.9. The molecule has 0 spiro atoms. The van der Waals surface area contributed by atoms with Crippen LogP contribution in [0.15, 0.2) is 91.3 Å². The van der Waals surface area contributed by atoms with Gasteiger partial charge in [-0.25, -0.2) is 9.97 Å². The van der Waals surface area contributed by atoms with Gasteiger partial charge in [0.25, 0.3) is 0 Å². The Bertz CT molecular complexity index is 3050. The first-order chi connectivity index (χ1) is 35.8. The Hall–Kier alpha value is -7.22. The SMILES string of the molecule is O=C(N[C@@H](C(=O)N1CCC[C@H]1c1ncc(-c2cc3c4c(c2)OCc2cc(-c5cnc([C@@H]6CCCN6C(=O)[C@H](NC(=O)C6CCC6)c6ccc(C7CCCC7)cc6)[nH]5)cc(c2-4)OC3)[nH]1)c1ccccc1)C1CCC1. The third-order valence-corrected chi connectivity index (χ3v) is 17.1. The van der Waals surface area contributed by atoms with Crippen molar-refractivity contribution in [1.29, 1.82) is 0 Å². The number of aromatic amines is 2. The Morgan fingerprint density at radius 2 is 1.03 bits per heavy atom. The van der Waals surface area contributed by atoms with E-state index in [1.165, 1.54) is 31.2 Å². The van der Waals surface area contributed by atoms with Crippen molar-refractivity contribution in [2.45, 2.75) is 133 Å². The van der Waals surface area contributed by atoms with Gasteiger partial charge in [-0.15, -0.1) is 0 Å². The number of H-pyrrole nitrogens is 2. The summed E-state index contributed by atoms with van der Waals surface area (Å²) in [6, 6.07) is 24.3. The summed E-state index contributed by atoms with van der Waals surface area (Å²) in [6.07, 6.45) is 17.3. The molecule has 2 saturated heterocycles. The van der Waals surface area contributed by atoms with Crippen molar-refractivity contribution in [3.63, 3.8) is 0 Å². The molecule has 374 valence electrons. The highest BCUT2D eigenvalue weighted by molar-refractivity contribution is 5.92. The highest BCUT2D eigenvalue weighted by Gasteiger charge is 2.41. The normalized spacial score (nSPS) is 21.1. The lowest BCUT2D eigenvalue weighted by Crippen LogP contribution is -2.45. The topological polar surface area (TPSA) is 175 Å². The molecule has 13 rings (SSSR count). The molecule has 0 bridgehead atoms. The second-order valence-electron chi connectivity index (χ2n) is 21.5. The van der Waals surface area contributed by atoms with Crippen LogP contribution < -0.4 is 20.1 Å². The van der Waals surface area contributed by atoms with Gasteiger partial charge in [-0.3, -0.25) is 19.2 Å². The van der Waals surface area contributed by atoms with Gasteiger partial charge in [-0.05, 0) is 111 Å². The molecule has 3 saturated carbocycles. The summed E-state index contributed by atoms with van der Waals surface area (Å²) in [4.78, 5) is 76.4. The average Bonchev–Trinajstić information content (AvgIpc) is 4.25. The van der Waals surface area contributed by atoms with E-state index in [-0.39, 0.29) is 47.5 Å². The fourth-order valence-corrected chi connectivity index (χ4v) is 12.6. The third kappa shape index (κ3) is 8.45. The summed E-state index contributed by atoms with van der Waals surface area (Å²) in [7, 11) is 0. The molecule has 3 aliphatic carbocycles. The number of nitrogens with zero attached hydrogens (tertiary/aromatic N) is 4.